The van der Waals surface area contributed by atoms with E-state index in [1.54, 1.807) is 18.5 Å². The third kappa shape index (κ3) is 5.64. The molecule has 0 unspecified atom stereocenters. The molecule has 0 spiro atoms. The summed E-state index contributed by atoms with van der Waals surface area (Å²) in [7, 11) is 0. The Bertz CT molecular complexity index is 2540. The van der Waals surface area contributed by atoms with E-state index in [1.165, 1.54) is 111 Å². The zero-order valence-electron chi connectivity index (χ0n) is 31.2. The van der Waals surface area contributed by atoms with Gasteiger partial charge >= 0.3 is 0 Å². The van der Waals surface area contributed by atoms with E-state index in [-0.39, 0.29) is 0 Å². The van der Waals surface area contributed by atoms with Crippen LogP contribution in [0.15, 0.2) is 152 Å². The molecule has 2 aliphatic carbocycles. The molecule has 0 bridgehead atoms. The summed E-state index contributed by atoms with van der Waals surface area (Å²) in [6.45, 7) is 9.24. The van der Waals surface area contributed by atoms with E-state index in [1.807, 2.05) is 0 Å². The van der Waals surface area contributed by atoms with Crippen LogP contribution in [0.1, 0.15) is 44.5 Å². The smallest absolute Gasteiger partial charge is 0.0529 e. The van der Waals surface area contributed by atoms with Gasteiger partial charge < -0.3 is 0 Å². The first-order valence-corrected chi connectivity index (χ1v) is 18.8. The first-order chi connectivity index (χ1) is 26.5. The van der Waals surface area contributed by atoms with E-state index in [0.717, 1.165) is 12.8 Å². The van der Waals surface area contributed by atoms with Gasteiger partial charge in [-0.2, -0.15) is 0 Å². The second kappa shape index (κ2) is 13.8. The molecule has 0 amide bonds. The van der Waals surface area contributed by atoms with E-state index in [9.17, 15) is 0 Å². The molecule has 0 saturated carbocycles. The van der Waals surface area contributed by atoms with Crippen LogP contribution in [-0.4, -0.2) is 15.4 Å². The standard InChI is InChI=1S/C48H38.C3H3N3/c1-29-25-42-37-20-10-8-17-34(37)27-44(42)46(31(29)3)40-23-14-24-41(48(40)39-22-13-12-19-36(39)33-15-6-5-7-16-33)47-32(4)30(2)26-43-38-21-11-9-18-35(38)28-45(43)47;1-2-4-6-5-3-1/h5-26H,27-28H2,1-4H3;1-3H. The summed E-state index contributed by atoms with van der Waals surface area (Å²) in [5.74, 6) is 0. The van der Waals surface area contributed by atoms with Crippen molar-refractivity contribution >= 4 is 0 Å². The minimum atomic E-state index is 0.958. The number of aromatic nitrogens is 3. The van der Waals surface area contributed by atoms with Crippen LogP contribution in [0.2, 0.25) is 0 Å². The predicted molar refractivity (Wildman–Crippen MR) is 223 cm³/mol. The summed E-state index contributed by atoms with van der Waals surface area (Å²) in [4.78, 5) is 0. The quantitative estimate of drug-likeness (QED) is 0.184. The second-order valence-electron chi connectivity index (χ2n) is 14.6. The molecule has 0 N–H and O–H groups in total. The number of fused-ring (bicyclic) bond motifs is 6. The van der Waals surface area contributed by atoms with Gasteiger partial charge in [0.05, 0.1) is 12.4 Å². The molecule has 0 fully saturated rings. The van der Waals surface area contributed by atoms with Gasteiger partial charge in [0.25, 0.3) is 0 Å². The minimum Gasteiger partial charge on any atom is -0.139 e. The fourth-order valence-electron chi connectivity index (χ4n) is 8.81. The Hall–Kier alpha value is -6.45. The van der Waals surface area contributed by atoms with Gasteiger partial charge in [-0.1, -0.05) is 133 Å². The van der Waals surface area contributed by atoms with Gasteiger partial charge in [-0.15, -0.1) is 10.2 Å². The molecule has 260 valence electrons. The predicted octanol–water partition coefficient (Wildman–Crippen LogP) is 12.6. The lowest BCUT2D eigenvalue weighted by atomic mass is 9.78. The molecule has 54 heavy (non-hydrogen) atoms. The van der Waals surface area contributed by atoms with Crippen molar-refractivity contribution in [2.24, 2.45) is 0 Å². The van der Waals surface area contributed by atoms with Crippen molar-refractivity contribution in [1.29, 1.82) is 0 Å². The SMILES string of the molecule is Cc1cc2c(c(-c3cccc(-c4c(C)c(C)cc5c4Cc4ccccc4-5)c3-c3ccccc3-c3ccccc3)c1C)Cc1ccccc1-2.c1cnnnc1. The molecule has 7 aromatic carbocycles. The lowest BCUT2D eigenvalue weighted by Gasteiger charge is -2.25. The summed E-state index contributed by atoms with van der Waals surface area (Å²) in [5.41, 5.74) is 27.3. The van der Waals surface area contributed by atoms with Gasteiger partial charge in [-0.25, -0.2) is 0 Å². The van der Waals surface area contributed by atoms with Crippen LogP contribution < -0.4 is 0 Å². The molecule has 10 rings (SSSR count). The van der Waals surface area contributed by atoms with Crippen LogP contribution >= 0.6 is 0 Å². The van der Waals surface area contributed by atoms with Crippen LogP contribution in [0, 0.1) is 27.7 Å². The Morgan fingerprint density at radius 2 is 0.815 bits per heavy atom. The Morgan fingerprint density at radius 1 is 0.370 bits per heavy atom. The molecular formula is C51H41N3. The number of nitrogens with zero attached hydrogens (tertiary/aromatic N) is 3. The molecule has 8 aromatic rings. The maximum atomic E-state index is 3.42. The lowest BCUT2D eigenvalue weighted by Crippen LogP contribution is -2.02. The number of aryl methyl sites for hydroxylation is 2. The Balaban J connectivity index is 0.000000586. The highest BCUT2D eigenvalue weighted by Crippen LogP contribution is 2.52. The molecule has 0 atom stereocenters. The van der Waals surface area contributed by atoms with Crippen LogP contribution in [0.25, 0.3) is 66.8 Å². The van der Waals surface area contributed by atoms with Gasteiger partial charge in [-0.05, 0) is 163 Å². The second-order valence-corrected chi connectivity index (χ2v) is 14.6. The highest BCUT2D eigenvalue weighted by Gasteiger charge is 2.30. The normalized spacial score (nSPS) is 11.9. The number of rotatable bonds is 4. The molecule has 1 heterocycles. The van der Waals surface area contributed by atoms with E-state index >= 15 is 0 Å². The minimum absolute atomic E-state index is 0.958. The third-order valence-electron chi connectivity index (χ3n) is 11.6. The Morgan fingerprint density at radius 3 is 1.30 bits per heavy atom. The van der Waals surface area contributed by atoms with Crippen molar-refractivity contribution in [3.8, 4) is 66.8 Å². The third-order valence-corrected chi connectivity index (χ3v) is 11.6. The van der Waals surface area contributed by atoms with Gasteiger partial charge in [0, 0.05) is 0 Å². The van der Waals surface area contributed by atoms with E-state index in [0.29, 0.717) is 0 Å². The van der Waals surface area contributed by atoms with Crippen molar-refractivity contribution in [1.82, 2.24) is 15.4 Å². The van der Waals surface area contributed by atoms with Crippen molar-refractivity contribution in [3.63, 3.8) is 0 Å². The largest absolute Gasteiger partial charge is 0.139 e. The average molecular weight is 696 g/mol. The van der Waals surface area contributed by atoms with Gasteiger partial charge in [0.2, 0.25) is 0 Å². The Labute approximate surface area is 318 Å². The molecule has 3 heteroatoms. The number of hydrogen-bond acceptors (Lipinski definition) is 3. The number of hydrogen-bond donors (Lipinski definition) is 0. The van der Waals surface area contributed by atoms with Crippen LogP contribution in [0.4, 0.5) is 0 Å². The fraction of sp³-hybridized carbons (Fsp3) is 0.118. The van der Waals surface area contributed by atoms with E-state index < -0.39 is 0 Å². The molecule has 0 aliphatic heterocycles. The summed E-state index contributed by atoms with van der Waals surface area (Å²) in [6, 6.07) is 51.6. The van der Waals surface area contributed by atoms with Crippen molar-refractivity contribution < 1.29 is 0 Å². The van der Waals surface area contributed by atoms with Crippen LogP contribution in [0.5, 0.6) is 0 Å². The topological polar surface area (TPSA) is 38.7 Å². The fourth-order valence-corrected chi connectivity index (χ4v) is 8.81. The van der Waals surface area contributed by atoms with Gasteiger partial charge in [0.15, 0.2) is 0 Å². The molecule has 3 nitrogen and oxygen atoms in total. The summed E-state index contributed by atoms with van der Waals surface area (Å²) < 4.78 is 0. The van der Waals surface area contributed by atoms with Crippen LogP contribution in [0.3, 0.4) is 0 Å². The van der Waals surface area contributed by atoms with Gasteiger partial charge in [-0.3, -0.25) is 0 Å². The Kier molecular flexibility index (Phi) is 8.56. The summed E-state index contributed by atoms with van der Waals surface area (Å²) in [6.07, 6.45) is 5.07. The zero-order valence-corrected chi connectivity index (χ0v) is 31.2. The van der Waals surface area contributed by atoms with Crippen molar-refractivity contribution in [2.45, 2.75) is 40.5 Å². The average Bonchev–Trinajstić information content (AvgIpc) is 3.77. The van der Waals surface area contributed by atoms with E-state index in [4.69, 9.17) is 0 Å². The summed E-state index contributed by atoms with van der Waals surface area (Å²) in [5, 5.41) is 10.1. The van der Waals surface area contributed by atoms with Gasteiger partial charge in [0.1, 0.15) is 0 Å². The first kappa shape index (κ1) is 33.4. The molecular weight excluding hydrogens is 655 g/mol. The monoisotopic (exact) mass is 695 g/mol. The first-order valence-electron chi connectivity index (χ1n) is 18.8. The van der Waals surface area contributed by atoms with Crippen molar-refractivity contribution in [2.75, 3.05) is 0 Å². The summed E-state index contributed by atoms with van der Waals surface area (Å²) >= 11 is 0. The maximum absolute atomic E-state index is 3.42. The highest BCUT2D eigenvalue weighted by molar-refractivity contribution is 6.04. The molecule has 0 radical (unpaired) electrons. The lowest BCUT2D eigenvalue weighted by molar-refractivity contribution is 0.865. The molecule has 2 aliphatic rings. The van der Waals surface area contributed by atoms with E-state index in [2.05, 4.69) is 177 Å². The maximum Gasteiger partial charge on any atom is 0.0529 e. The highest BCUT2D eigenvalue weighted by atomic mass is 15.3. The molecule has 0 saturated heterocycles. The van der Waals surface area contributed by atoms with Crippen molar-refractivity contribution in [3.05, 3.63) is 196 Å². The molecule has 1 aromatic heterocycles. The number of benzene rings is 7. The van der Waals surface area contributed by atoms with Crippen LogP contribution in [-0.2, 0) is 12.8 Å². The zero-order chi connectivity index (χ0) is 36.8.